The first-order valence-corrected chi connectivity index (χ1v) is 19.5. The first-order valence-electron chi connectivity index (χ1n) is 19.5. The van der Waals surface area contributed by atoms with Crippen molar-refractivity contribution in [1.82, 2.24) is 19.8 Å². The van der Waals surface area contributed by atoms with Crippen LogP contribution in [0.4, 0.5) is 0 Å². The minimum Gasteiger partial charge on any atom is -0.426 e. The van der Waals surface area contributed by atoms with Gasteiger partial charge in [-0.3, -0.25) is 24.1 Å². The molecule has 0 radical (unpaired) electrons. The van der Waals surface area contributed by atoms with Crippen LogP contribution in [0.25, 0.3) is 0 Å². The lowest BCUT2D eigenvalue weighted by Gasteiger charge is -2.37. The van der Waals surface area contributed by atoms with Crippen molar-refractivity contribution in [3.63, 3.8) is 0 Å². The van der Waals surface area contributed by atoms with Gasteiger partial charge in [0.15, 0.2) is 5.54 Å². The summed E-state index contributed by atoms with van der Waals surface area (Å²) in [6.07, 6.45) is 3.11. The van der Waals surface area contributed by atoms with E-state index in [1.54, 1.807) is 43.7 Å². The van der Waals surface area contributed by atoms with Crippen molar-refractivity contribution in [3.05, 3.63) is 228 Å². The second-order valence-corrected chi connectivity index (χ2v) is 14.4. The minimum absolute atomic E-state index is 0.0532. The van der Waals surface area contributed by atoms with Gasteiger partial charge in [-0.25, -0.2) is 4.98 Å². The van der Waals surface area contributed by atoms with Gasteiger partial charge in [0.05, 0.1) is 24.9 Å². The predicted molar refractivity (Wildman–Crippen MR) is 226 cm³/mol. The molecular weight excluding hydrogens is 737 g/mol. The number of carbonyl (C=O) groups excluding carboxylic acids is 4. The Hall–Kier alpha value is -7.39. The van der Waals surface area contributed by atoms with E-state index in [9.17, 15) is 19.2 Å². The summed E-state index contributed by atoms with van der Waals surface area (Å²) in [6.45, 7) is 2.09. The Balaban J connectivity index is 1.15. The lowest BCUT2D eigenvalue weighted by atomic mass is 9.91. The normalized spacial score (nSPS) is 12.0. The van der Waals surface area contributed by atoms with Crippen LogP contribution in [0.2, 0.25) is 0 Å². The monoisotopic (exact) mass is 780 g/mol. The number of nitrogens with one attached hydrogen (secondary N) is 1. The fourth-order valence-corrected chi connectivity index (χ4v) is 7.12. The van der Waals surface area contributed by atoms with Crippen molar-refractivity contribution in [3.8, 4) is 5.75 Å². The molecule has 1 aromatic heterocycles. The number of aromatic nitrogens is 2. The third-order valence-corrected chi connectivity index (χ3v) is 10.2. The summed E-state index contributed by atoms with van der Waals surface area (Å²) in [6, 6.07) is 53.9. The molecule has 0 bridgehead atoms. The van der Waals surface area contributed by atoms with Crippen LogP contribution in [0.15, 0.2) is 188 Å². The smallest absolute Gasteiger partial charge is 0.323 e. The zero-order valence-electron chi connectivity index (χ0n) is 32.7. The fraction of sp³-hybridized carbons (Fsp3) is 0.140. The number of ether oxygens (including phenoxy) is 1. The summed E-state index contributed by atoms with van der Waals surface area (Å²) in [5.74, 6) is -2.37. The molecular formula is C50H44N4O5. The van der Waals surface area contributed by atoms with Gasteiger partial charge in [-0.15, -0.1) is 0 Å². The fourth-order valence-electron chi connectivity index (χ4n) is 7.12. The van der Waals surface area contributed by atoms with E-state index in [2.05, 4.69) is 10.3 Å². The van der Waals surface area contributed by atoms with Crippen molar-refractivity contribution >= 4 is 23.7 Å². The molecule has 7 rings (SSSR count). The van der Waals surface area contributed by atoms with Gasteiger partial charge in [0, 0.05) is 19.3 Å². The van der Waals surface area contributed by atoms with Crippen LogP contribution in [-0.2, 0) is 50.6 Å². The Bertz CT molecular complexity index is 2380. The Morgan fingerprint density at radius 3 is 1.56 bits per heavy atom. The van der Waals surface area contributed by atoms with Crippen LogP contribution in [0.3, 0.4) is 0 Å². The molecule has 0 aliphatic heterocycles. The van der Waals surface area contributed by atoms with E-state index in [0.29, 0.717) is 29.0 Å². The standard InChI is InChI=1S/C50H44N4O5/c1-50(44-35-53(36-52-44)34-40-21-11-4-12-22-40,54(45(55)31-37-17-7-2-8-18-37)46(56)32-38-19-9-3-10-20-38)49(58)51-33-39-27-29-43(30-28-39)59-48(57)47(41-23-13-5-14-24-41)42-25-15-6-16-26-42/h2-30,35-36,47H,31-34H2,1H3,(H,51,58). The Labute approximate surface area is 343 Å². The number of nitrogens with zero attached hydrogens (tertiary/aromatic N) is 3. The summed E-state index contributed by atoms with van der Waals surface area (Å²) >= 11 is 0. The van der Waals surface area contributed by atoms with Crippen LogP contribution in [0.1, 0.15) is 51.9 Å². The highest BCUT2D eigenvalue weighted by atomic mass is 16.5. The predicted octanol–water partition coefficient (Wildman–Crippen LogP) is 8.04. The number of carbonyl (C=O) groups is 4. The van der Waals surface area contributed by atoms with Gasteiger partial charge in [-0.1, -0.05) is 164 Å². The second-order valence-electron chi connectivity index (χ2n) is 14.4. The molecule has 1 atom stereocenters. The molecule has 0 fully saturated rings. The van der Waals surface area contributed by atoms with E-state index in [1.807, 2.05) is 156 Å². The summed E-state index contributed by atoms with van der Waals surface area (Å²) in [4.78, 5) is 63.0. The molecule has 9 heteroatoms. The van der Waals surface area contributed by atoms with Crippen molar-refractivity contribution in [2.45, 2.75) is 44.3 Å². The summed E-state index contributed by atoms with van der Waals surface area (Å²) in [7, 11) is 0. The molecule has 0 aliphatic rings. The maximum absolute atomic E-state index is 14.7. The molecule has 9 nitrogen and oxygen atoms in total. The largest absolute Gasteiger partial charge is 0.426 e. The van der Waals surface area contributed by atoms with E-state index in [0.717, 1.165) is 21.6 Å². The molecule has 294 valence electrons. The molecule has 7 aromatic rings. The molecule has 1 unspecified atom stereocenters. The number of hydrogen-bond acceptors (Lipinski definition) is 6. The Morgan fingerprint density at radius 2 is 1.07 bits per heavy atom. The van der Waals surface area contributed by atoms with Gasteiger partial charge < -0.3 is 14.6 Å². The topological polar surface area (TPSA) is 111 Å². The van der Waals surface area contributed by atoms with Gasteiger partial charge in [0.2, 0.25) is 11.8 Å². The lowest BCUT2D eigenvalue weighted by Crippen LogP contribution is -2.59. The number of imide groups is 1. The first-order chi connectivity index (χ1) is 28.8. The van der Waals surface area contributed by atoms with Gasteiger partial charge >= 0.3 is 5.97 Å². The van der Waals surface area contributed by atoms with E-state index in [-0.39, 0.29) is 25.1 Å². The zero-order chi connectivity index (χ0) is 41.0. The SMILES string of the molecule is CC(C(=O)NCc1ccc(OC(=O)C(c2ccccc2)c2ccccc2)cc1)(c1cn(Cc2ccccc2)cn1)N(C(=O)Cc1ccccc1)C(=O)Cc1ccccc1. The summed E-state index contributed by atoms with van der Waals surface area (Å²) in [5.41, 5.74) is 3.14. The number of rotatable bonds is 15. The highest BCUT2D eigenvalue weighted by Gasteiger charge is 2.48. The third kappa shape index (κ3) is 9.77. The molecule has 59 heavy (non-hydrogen) atoms. The first kappa shape index (κ1) is 39.8. The van der Waals surface area contributed by atoms with Gasteiger partial charge in [-0.2, -0.15) is 0 Å². The van der Waals surface area contributed by atoms with Crippen LogP contribution >= 0.6 is 0 Å². The van der Waals surface area contributed by atoms with E-state index < -0.39 is 35.1 Å². The van der Waals surface area contributed by atoms with Crippen molar-refractivity contribution in [1.29, 1.82) is 0 Å². The Kier molecular flexibility index (Phi) is 12.6. The Morgan fingerprint density at radius 1 is 0.610 bits per heavy atom. The molecule has 3 amide bonds. The van der Waals surface area contributed by atoms with Crippen LogP contribution in [0, 0.1) is 0 Å². The second kappa shape index (κ2) is 18.7. The van der Waals surface area contributed by atoms with Crippen LogP contribution in [-0.4, -0.2) is 38.1 Å². The van der Waals surface area contributed by atoms with E-state index >= 15 is 0 Å². The van der Waals surface area contributed by atoms with Crippen molar-refractivity contribution in [2.75, 3.05) is 0 Å². The maximum Gasteiger partial charge on any atom is 0.323 e. The number of benzene rings is 6. The lowest BCUT2D eigenvalue weighted by molar-refractivity contribution is -0.158. The van der Waals surface area contributed by atoms with E-state index in [4.69, 9.17) is 4.74 Å². The molecule has 1 N–H and O–H groups in total. The van der Waals surface area contributed by atoms with Crippen molar-refractivity contribution in [2.24, 2.45) is 0 Å². The number of hydrogen-bond donors (Lipinski definition) is 1. The molecule has 0 saturated heterocycles. The average molecular weight is 781 g/mol. The molecule has 0 spiro atoms. The van der Waals surface area contributed by atoms with Gasteiger partial charge in [0.1, 0.15) is 11.7 Å². The van der Waals surface area contributed by atoms with Crippen LogP contribution < -0.4 is 10.1 Å². The quantitative estimate of drug-likeness (QED) is 0.0834. The summed E-state index contributed by atoms with van der Waals surface area (Å²) < 4.78 is 7.72. The average Bonchev–Trinajstić information content (AvgIpc) is 3.74. The number of amides is 3. The number of imidazole rings is 1. The van der Waals surface area contributed by atoms with Crippen LogP contribution in [0.5, 0.6) is 5.75 Å². The molecule has 6 aromatic carbocycles. The van der Waals surface area contributed by atoms with E-state index in [1.165, 1.54) is 0 Å². The minimum atomic E-state index is -1.85. The molecule has 0 aliphatic carbocycles. The molecule has 0 saturated carbocycles. The van der Waals surface area contributed by atoms with Gasteiger partial charge in [-0.05, 0) is 52.4 Å². The number of esters is 1. The maximum atomic E-state index is 14.7. The van der Waals surface area contributed by atoms with Gasteiger partial charge in [0.25, 0.3) is 5.91 Å². The summed E-state index contributed by atoms with van der Waals surface area (Å²) in [5, 5.41) is 2.99. The third-order valence-electron chi connectivity index (χ3n) is 10.2. The molecule has 1 heterocycles. The van der Waals surface area contributed by atoms with Crippen molar-refractivity contribution < 1.29 is 23.9 Å². The zero-order valence-corrected chi connectivity index (χ0v) is 32.7. The highest BCUT2D eigenvalue weighted by molar-refractivity contribution is 6.03. The highest BCUT2D eigenvalue weighted by Crippen LogP contribution is 2.31.